The molecular formula is C13H12BrClN2OS2. The van der Waals surface area contributed by atoms with Crippen molar-refractivity contribution in [2.45, 2.75) is 9.79 Å². The van der Waals surface area contributed by atoms with Crippen LogP contribution in [-0.2, 0) is 9.73 Å². The van der Waals surface area contributed by atoms with Gasteiger partial charge in [0.1, 0.15) is 25.0 Å². The second-order valence-corrected chi connectivity index (χ2v) is 7.36. The fraction of sp³-hybridized carbons (Fsp3) is 0.154. The molecule has 3 nitrogen and oxygen atoms in total. The summed E-state index contributed by atoms with van der Waals surface area (Å²) in [6.07, 6.45) is 0. The fourth-order valence-corrected chi connectivity index (χ4v) is 4.95. The minimum Gasteiger partial charge on any atom is -0.240 e. The normalized spacial score (nSPS) is 12.6. The van der Waals surface area contributed by atoms with Crippen LogP contribution in [0.2, 0.25) is 4.34 Å². The maximum absolute atomic E-state index is 13.0. The van der Waals surface area contributed by atoms with E-state index in [2.05, 4.69) is 20.3 Å². The van der Waals surface area contributed by atoms with Gasteiger partial charge in [-0.05, 0) is 24.0 Å². The number of alkyl halides is 1. The Hall–Kier alpha value is -0.870. The molecule has 1 atom stereocenters. The average Bonchev–Trinajstić information content (AvgIpc) is 2.91. The van der Waals surface area contributed by atoms with Crippen molar-refractivity contribution in [3.8, 4) is 6.07 Å². The van der Waals surface area contributed by atoms with E-state index in [1.165, 1.54) is 7.05 Å². The summed E-state index contributed by atoms with van der Waals surface area (Å²) >= 11 is 10.1. The van der Waals surface area contributed by atoms with Crippen molar-refractivity contribution in [2.24, 2.45) is 4.36 Å². The lowest BCUT2D eigenvalue weighted by molar-refractivity contribution is 0.676. The molecule has 0 aliphatic carbocycles. The second kappa shape index (κ2) is 7.79. The summed E-state index contributed by atoms with van der Waals surface area (Å²) in [5, 5.41) is 8.86. The quantitative estimate of drug-likeness (QED) is 0.690. The molecule has 0 amide bonds. The van der Waals surface area contributed by atoms with E-state index in [9.17, 15) is 4.21 Å². The Kier molecular flexibility index (Phi) is 6.69. The van der Waals surface area contributed by atoms with Gasteiger partial charge in [0.25, 0.3) is 0 Å². The van der Waals surface area contributed by atoms with E-state index in [1.807, 2.05) is 18.0 Å². The Bertz CT molecular complexity index is 729. The van der Waals surface area contributed by atoms with Crippen LogP contribution < -0.4 is 0 Å². The zero-order chi connectivity index (χ0) is 15.2. The summed E-state index contributed by atoms with van der Waals surface area (Å²) in [6.45, 7) is 0. The van der Waals surface area contributed by atoms with Gasteiger partial charge in [-0.25, -0.2) is 8.57 Å². The van der Waals surface area contributed by atoms with Crippen LogP contribution in [0.5, 0.6) is 0 Å². The molecule has 0 saturated heterocycles. The van der Waals surface area contributed by atoms with Crippen molar-refractivity contribution in [3.63, 3.8) is 0 Å². The van der Waals surface area contributed by atoms with Crippen LogP contribution in [0.15, 0.2) is 50.6 Å². The molecule has 2 rings (SSSR count). The number of benzene rings is 1. The highest BCUT2D eigenvalue weighted by Crippen LogP contribution is 2.35. The smallest absolute Gasteiger partial charge is 0.112 e. The van der Waals surface area contributed by atoms with Crippen molar-refractivity contribution in [1.82, 2.24) is 0 Å². The highest BCUT2D eigenvalue weighted by Gasteiger charge is 2.21. The number of rotatable bonds is 2. The molecule has 0 radical (unpaired) electrons. The van der Waals surface area contributed by atoms with Crippen molar-refractivity contribution in [3.05, 3.63) is 45.6 Å². The first-order chi connectivity index (χ1) is 9.61. The number of thiophene rings is 1. The predicted molar refractivity (Wildman–Crippen MR) is 88.4 cm³/mol. The number of hydrogen-bond donors (Lipinski definition) is 0. The summed E-state index contributed by atoms with van der Waals surface area (Å²) in [4.78, 5) is 1.44. The molecule has 1 unspecified atom stereocenters. The van der Waals surface area contributed by atoms with Gasteiger partial charge >= 0.3 is 0 Å². The molecule has 0 aliphatic heterocycles. The minimum atomic E-state index is -2.75. The Balaban J connectivity index is 0.000000956. The van der Waals surface area contributed by atoms with Gasteiger partial charge in [-0.1, -0.05) is 45.7 Å². The first kappa shape index (κ1) is 17.2. The van der Waals surface area contributed by atoms with Crippen LogP contribution in [0.1, 0.15) is 4.88 Å². The number of nitrogens with zero attached hydrogens (tertiary/aromatic N) is 2. The van der Waals surface area contributed by atoms with Crippen molar-refractivity contribution < 1.29 is 4.21 Å². The molecule has 0 saturated carbocycles. The van der Waals surface area contributed by atoms with E-state index in [0.717, 1.165) is 11.3 Å². The summed E-state index contributed by atoms with van der Waals surface area (Å²) in [6, 6.07) is 12.5. The third kappa shape index (κ3) is 3.41. The van der Waals surface area contributed by atoms with Crippen LogP contribution in [0, 0.1) is 11.3 Å². The molecule has 106 valence electrons. The summed E-state index contributed by atoms with van der Waals surface area (Å²) in [5.41, 5.74) is 0. The second-order valence-electron chi connectivity index (χ2n) is 3.38. The van der Waals surface area contributed by atoms with Crippen molar-refractivity contribution >= 4 is 48.6 Å². The van der Waals surface area contributed by atoms with Gasteiger partial charge in [-0.2, -0.15) is 5.26 Å². The molecule has 0 fully saturated rings. The first-order valence-electron chi connectivity index (χ1n) is 5.39. The molecule has 1 aromatic heterocycles. The van der Waals surface area contributed by atoms with Gasteiger partial charge in [0.05, 0.1) is 9.79 Å². The van der Waals surface area contributed by atoms with Crippen LogP contribution in [-0.4, -0.2) is 17.1 Å². The van der Waals surface area contributed by atoms with Gasteiger partial charge in [-0.3, -0.25) is 0 Å². The van der Waals surface area contributed by atoms with Gasteiger partial charge in [0.2, 0.25) is 0 Å². The van der Waals surface area contributed by atoms with Gasteiger partial charge in [0, 0.05) is 7.05 Å². The van der Waals surface area contributed by atoms with Gasteiger partial charge in [0.15, 0.2) is 0 Å². The van der Waals surface area contributed by atoms with Crippen molar-refractivity contribution in [2.75, 3.05) is 12.9 Å². The van der Waals surface area contributed by atoms with Gasteiger partial charge in [-0.15, -0.1) is 11.3 Å². The molecule has 2 aromatic rings. The number of hydrogen-bond acceptors (Lipinski definition) is 4. The molecule has 1 heterocycles. The standard InChI is InChI=1S/C12H9ClN2OS2.CH3Br/c1-15-18(16,10-5-3-2-4-6-10)11-7-9(8-14)17-12(11)13;1-2/h2-7H,1H3;1H3. The predicted octanol–water partition coefficient (Wildman–Crippen LogP) is 4.80. The van der Waals surface area contributed by atoms with Gasteiger partial charge < -0.3 is 0 Å². The molecule has 0 aliphatic rings. The molecular weight excluding hydrogens is 380 g/mol. The zero-order valence-corrected chi connectivity index (χ0v) is 14.8. The van der Waals surface area contributed by atoms with E-state index < -0.39 is 9.73 Å². The molecule has 0 bridgehead atoms. The Morgan fingerprint density at radius 1 is 1.35 bits per heavy atom. The third-order valence-electron chi connectivity index (χ3n) is 2.38. The summed E-state index contributed by atoms with van der Waals surface area (Å²) in [7, 11) is -1.26. The van der Waals surface area contributed by atoms with E-state index in [4.69, 9.17) is 16.9 Å². The molecule has 20 heavy (non-hydrogen) atoms. The SMILES string of the molecule is CBr.CN=S(=O)(c1ccccc1)c1cc(C#N)sc1Cl. The Labute approximate surface area is 136 Å². The molecule has 0 N–H and O–H groups in total. The summed E-state index contributed by atoms with van der Waals surface area (Å²) < 4.78 is 17.3. The minimum absolute atomic E-state index is 0.353. The molecule has 1 aromatic carbocycles. The zero-order valence-electron chi connectivity index (χ0n) is 10.8. The molecule has 0 spiro atoms. The Morgan fingerprint density at radius 3 is 2.40 bits per heavy atom. The highest BCUT2D eigenvalue weighted by atomic mass is 79.9. The van der Waals surface area contributed by atoms with Crippen LogP contribution in [0.3, 0.4) is 0 Å². The lowest BCUT2D eigenvalue weighted by Gasteiger charge is -2.07. The van der Waals surface area contributed by atoms with Crippen LogP contribution in [0.4, 0.5) is 0 Å². The maximum atomic E-state index is 13.0. The summed E-state index contributed by atoms with van der Waals surface area (Å²) in [5.74, 6) is 1.81. The van der Waals surface area contributed by atoms with E-state index in [0.29, 0.717) is 19.0 Å². The lowest BCUT2D eigenvalue weighted by Crippen LogP contribution is -2.00. The lowest BCUT2D eigenvalue weighted by atomic mass is 10.4. The van der Waals surface area contributed by atoms with E-state index >= 15 is 0 Å². The first-order valence-corrected chi connectivity index (χ1v) is 9.69. The van der Waals surface area contributed by atoms with E-state index in [-0.39, 0.29) is 0 Å². The third-order valence-corrected chi connectivity index (χ3v) is 6.23. The van der Waals surface area contributed by atoms with E-state index in [1.54, 1.807) is 30.3 Å². The van der Waals surface area contributed by atoms with Crippen LogP contribution in [0.25, 0.3) is 0 Å². The topological polar surface area (TPSA) is 53.2 Å². The largest absolute Gasteiger partial charge is 0.240 e. The highest BCUT2D eigenvalue weighted by molar-refractivity contribution is 9.08. The van der Waals surface area contributed by atoms with Crippen molar-refractivity contribution in [1.29, 1.82) is 5.26 Å². The number of halogens is 2. The molecule has 7 heteroatoms. The monoisotopic (exact) mass is 390 g/mol. The Morgan fingerprint density at radius 2 is 1.95 bits per heavy atom. The van der Waals surface area contributed by atoms with Crippen LogP contribution >= 0.6 is 38.9 Å². The average molecular weight is 392 g/mol. The maximum Gasteiger partial charge on any atom is 0.112 e. The number of nitriles is 1. The fourth-order valence-electron chi connectivity index (χ4n) is 1.53.